The van der Waals surface area contributed by atoms with Gasteiger partial charge in [0.15, 0.2) is 0 Å². The molecular formula is C13H26. The highest BCUT2D eigenvalue weighted by atomic mass is 14.4. The van der Waals surface area contributed by atoms with Crippen molar-refractivity contribution in [3.05, 3.63) is 0 Å². The van der Waals surface area contributed by atoms with Crippen LogP contribution in [0.15, 0.2) is 0 Å². The van der Waals surface area contributed by atoms with E-state index in [1.165, 1.54) is 25.7 Å². The van der Waals surface area contributed by atoms with Crippen molar-refractivity contribution in [1.82, 2.24) is 0 Å². The molecule has 0 amide bonds. The van der Waals surface area contributed by atoms with Gasteiger partial charge in [0.2, 0.25) is 0 Å². The molecule has 0 aliphatic heterocycles. The molecule has 0 bridgehead atoms. The fourth-order valence-electron chi connectivity index (χ4n) is 2.89. The topological polar surface area (TPSA) is 0 Å². The summed E-state index contributed by atoms with van der Waals surface area (Å²) in [6, 6.07) is 0. The summed E-state index contributed by atoms with van der Waals surface area (Å²) in [7, 11) is 0. The molecule has 78 valence electrons. The number of rotatable bonds is 1. The van der Waals surface area contributed by atoms with Gasteiger partial charge in [-0.05, 0) is 42.4 Å². The van der Waals surface area contributed by atoms with Crippen molar-refractivity contribution in [3.63, 3.8) is 0 Å². The van der Waals surface area contributed by atoms with Gasteiger partial charge < -0.3 is 0 Å². The molecule has 1 unspecified atom stereocenters. The Hall–Kier alpha value is 0. The highest BCUT2D eigenvalue weighted by molar-refractivity contribution is 4.83. The van der Waals surface area contributed by atoms with Crippen LogP contribution >= 0.6 is 0 Å². The minimum Gasteiger partial charge on any atom is -0.0625 e. The van der Waals surface area contributed by atoms with Crippen LogP contribution < -0.4 is 0 Å². The lowest BCUT2D eigenvalue weighted by Gasteiger charge is -2.34. The van der Waals surface area contributed by atoms with Gasteiger partial charge in [-0.25, -0.2) is 0 Å². The third kappa shape index (κ3) is 2.72. The molecule has 0 spiro atoms. The van der Waals surface area contributed by atoms with E-state index >= 15 is 0 Å². The predicted molar refractivity (Wildman–Crippen MR) is 59.7 cm³/mol. The molecule has 0 saturated heterocycles. The molecule has 1 aliphatic carbocycles. The highest BCUT2D eigenvalue weighted by Gasteiger charge is 2.33. The summed E-state index contributed by atoms with van der Waals surface area (Å²) in [5, 5.41) is 0. The Labute approximate surface area is 84.1 Å². The molecule has 1 aliphatic rings. The Morgan fingerprint density at radius 3 is 2.31 bits per heavy atom. The fourth-order valence-corrected chi connectivity index (χ4v) is 2.89. The Morgan fingerprint density at radius 2 is 1.77 bits per heavy atom. The largest absolute Gasteiger partial charge is 0.0625 e. The zero-order valence-electron chi connectivity index (χ0n) is 10.1. The van der Waals surface area contributed by atoms with Gasteiger partial charge in [-0.3, -0.25) is 0 Å². The van der Waals surface area contributed by atoms with Crippen LogP contribution in [0.2, 0.25) is 0 Å². The molecule has 0 heteroatoms. The van der Waals surface area contributed by atoms with Crippen LogP contribution in [-0.2, 0) is 0 Å². The van der Waals surface area contributed by atoms with Crippen molar-refractivity contribution in [2.75, 3.05) is 0 Å². The maximum atomic E-state index is 2.49. The lowest BCUT2D eigenvalue weighted by atomic mass is 9.71. The Balaban J connectivity index is 2.66. The van der Waals surface area contributed by atoms with Crippen molar-refractivity contribution in [3.8, 4) is 0 Å². The van der Waals surface area contributed by atoms with E-state index in [-0.39, 0.29) is 0 Å². The van der Waals surface area contributed by atoms with Crippen molar-refractivity contribution in [2.45, 2.75) is 60.3 Å². The molecule has 1 rings (SSSR count). The van der Waals surface area contributed by atoms with Crippen LogP contribution in [0.1, 0.15) is 60.3 Å². The van der Waals surface area contributed by atoms with E-state index in [1.54, 1.807) is 0 Å². The van der Waals surface area contributed by atoms with Gasteiger partial charge in [-0.15, -0.1) is 0 Å². The average molecular weight is 182 g/mol. The first kappa shape index (κ1) is 11.1. The lowest BCUT2D eigenvalue weighted by molar-refractivity contribution is 0.164. The molecule has 0 radical (unpaired) electrons. The lowest BCUT2D eigenvalue weighted by Crippen LogP contribution is -2.24. The van der Waals surface area contributed by atoms with E-state index in [9.17, 15) is 0 Å². The van der Waals surface area contributed by atoms with Crippen LogP contribution in [0.3, 0.4) is 0 Å². The zero-order chi connectivity index (χ0) is 10.1. The molecule has 0 aromatic carbocycles. The molecule has 0 aromatic heterocycles. The van der Waals surface area contributed by atoms with Gasteiger partial charge >= 0.3 is 0 Å². The molecule has 0 aromatic rings. The van der Waals surface area contributed by atoms with E-state index in [2.05, 4.69) is 34.6 Å². The van der Waals surface area contributed by atoms with Gasteiger partial charge in [-0.2, -0.15) is 0 Å². The van der Waals surface area contributed by atoms with Gasteiger partial charge in [0.1, 0.15) is 0 Å². The molecule has 13 heavy (non-hydrogen) atoms. The Morgan fingerprint density at radius 1 is 1.15 bits per heavy atom. The van der Waals surface area contributed by atoms with Crippen LogP contribution in [0.25, 0.3) is 0 Å². The first-order chi connectivity index (χ1) is 5.94. The molecule has 0 heterocycles. The first-order valence-corrected chi connectivity index (χ1v) is 5.94. The molecule has 0 nitrogen and oxygen atoms in total. The second-order valence-corrected chi connectivity index (χ2v) is 6.00. The summed E-state index contributed by atoms with van der Waals surface area (Å²) in [6.45, 7) is 12.1. The molecule has 1 saturated carbocycles. The second kappa shape index (κ2) is 4.02. The summed E-state index contributed by atoms with van der Waals surface area (Å²) in [5.41, 5.74) is 0.615. The third-order valence-electron chi connectivity index (χ3n) is 4.22. The third-order valence-corrected chi connectivity index (χ3v) is 4.22. The van der Waals surface area contributed by atoms with Crippen molar-refractivity contribution >= 4 is 0 Å². The SMILES string of the molecule is CC1CC[C@@](C)(C(C)C)C[C@@H](C)C1. The maximum absolute atomic E-state index is 2.49. The van der Waals surface area contributed by atoms with Gasteiger partial charge in [0.05, 0.1) is 0 Å². The van der Waals surface area contributed by atoms with E-state index in [0.29, 0.717) is 5.41 Å². The monoisotopic (exact) mass is 182 g/mol. The molecule has 0 N–H and O–H groups in total. The highest BCUT2D eigenvalue weighted by Crippen LogP contribution is 2.44. The summed E-state index contributed by atoms with van der Waals surface area (Å²) in [4.78, 5) is 0. The van der Waals surface area contributed by atoms with Crippen LogP contribution in [0, 0.1) is 23.2 Å². The van der Waals surface area contributed by atoms with E-state index in [4.69, 9.17) is 0 Å². The minimum atomic E-state index is 0.615. The second-order valence-electron chi connectivity index (χ2n) is 6.00. The minimum absolute atomic E-state index is 0.615. The van der Waals surface area contributed by atoms with Crippen molar-refractivity contribution in [2.24, 2.45) is 23.2 Å². The average Bonchev–Trinajstić information content (AvgIpc) is 2.11. The summed E-state index contributed by atoms with van der Waals surface area (Å²) in [5.74, 6) is 2.74. The van der Waals surface area contributed by atoms with Gasteiger partial charge in [-0.1, -0.05) is 41.0 Å². The smallest absolute Gasteiger partial charge is 0.0300 e. The maximum Gasteiger partial charge on any atom is -0.0300 e. The van der Waals surface area contributed by atoms with E-state index in [1.807, 2.05) is 0 Å². The first-order valence-electron chi connectivity index (χ1n) is 5.94. The quantitative estimate of drug-likeness (QED) is 0.524. The summed E-state index contributed by atoms with van der Waals surface area (Å²) in [6.07, 6.45) is 5.77. The summed E-state index contributed by atoms with van der Waals surface area (Å²) >= 11 is 0. The fraction of sp³-hybridized carbons (Fsp3) is 1.00. The van der Waals surface area contributed by atoms with Crippen LogP contribution in [-0.4, -0.2) is 0 Å². The van der Waals surface area contributed by atoms with Gasteiger partial charge in [0, 0.05) is 0 Å². The van der Waals surface area contributed by atoms with E-state index in [0.717, 1.165) is 17.8 Å². The number of hydrogen-bond donors (Lipinski definition) is 0. The van der Waals surface area contributed by atoms with Crippen molar-refractivity contribution < 1.29 is 0 Å². The van der Waals surface area contributed by atoms with Crippen molar-refractivity contribution in [1.29, 1.82) is 0 Å². The molecule has 3 atom stereocenters. The number of hydrogen-bond acceptors (Lipinski definition) is 0. The summed E-state index contributed by atoms with van der Waals surface area (Å²) < 4.78 is 0. The standard InChI is InChI=1S/C13H26/c1-10(2)13(5)7-6-11(3)8-12(4)9-13/h10-12H,6-9H2,1-5H3/t11?,12-,13+/m0/s1. The normalized spacial score (nSPS) is 42.0. The van der Waals surface area contributed by atoms with E-state index < -0.39 is 0 Å². The zero-order valence-corrected chi connectivity index (χ0v) is 10.1. The predicted octanol–water partition coefficient (Wildman–Crippen LogP) is 4.49. The van der Waals surface area contributed by atoms with Crippen LogP contribution in [0.4, 0.5) is 0 Å². The van der Waals surface area contributed by atoms with Gasteiger partial charge in [0.25, 0.3) is 0 Å². The molecule has 1 fully saturated rings. The Bertz CT molecular complexity index is 159. The van der Waals surface area contributed by atoms with Crippen LogP contribution in [0.5, 0.6) is 0 Å². The Kier molecular flexibility index (Phi) is 3.43. The molecular weight excluding hydrogens is 156 g/mol.